The third-order valence-electron chi connectivity index (χ3n) is 2.17. The molecule has 1 heterocycles. The van der Waals surface area contributed by atoms with E-state index in [0.717, 1.165) is 6.42 Å². The lowest BCUT2D eigenvalue weighted by Crippen LogP contribution is -2.30. The van der Waals surface area contributed by atoms with Crippen molar-refractivity contribution in [2.75, 3.05) is 6.54 Å². The second-order valence-electron chi connectivity index (χ2n) is 4.39. The molecule has 1 N–H and O–H groups in total. The maximum atomic E-state index is 11.7. The minimum atomic E-state index is -0.232. The number of nitrogens with one attached hydrogen (secondary N) is 1. The summed E-state index contributed by atoms with van der Waals surface area (Å²) in [5, 5.41) is 6.79. The average Bonchev–Trinajstić information content (AvgIpc) is 2.28. The van der Waals surface area contributed by atoms with E-state index < -0.39 is 0 Å². The number of carbonyl (C=O) groups is 1. The zero-order valence-electron chi connectivity index (χ0n) is 10.6. The van der Waals surface area contributed by atoms with Gasteiger partial charge in [-0.25, -0.2) is 4.68 Å². The second kappa shape index (κ2) is 6.18. The van der Waals surface area contributed by atoms with Crippen LogP contribution in [0.5, 0.6) is 0 Å². The Bertz CT molecular complexity index is 438. The Morgan fingerprint density at radius 2 is 2.18 bits per heavy atom. The van der Waals surface area contributed by atoms with Gasteiger partial charge in [-0.1, -0.05) is 20.8 Å². The zero-order valence-corrected chi connectivity index (χ0v) is 10.6. The molecular formula is C12H19N3O2. The minimum absolute atomic E-state index is 0.175. The molecule has 0 saturated carbocycles. The fourth-order valence-corrected chi connectivity index (χ4v) is 1.38. The van der Waals surface area contributed by atoms with Gasteiger partial charge in [-0.15, -0.1) is 0 Å². The largest absolute Gasteiger partial charge is 0.351 e. The maximum absolute atomic E-state index is 11.7. The Kier molecular flexibility index (Phi) is 4.87. The molecule has 1 rings (SSSR count). The lowest BCUT2D eigenvalue weighted by molar-refractivity contribution is 0.0945. The molecule has 94 valence electrons. The van der Waals surface area contributed by atoms with E-state index in [-0.39, 0.29) is 11.5 Å². The first-order valence-corrected chi connectivity index (χ1v) is 5.91. The van der Waals surface area contributed by atoms with Crippen molar-refractivity contribution in [2.45, 2.75) is 33.7 Å². The van der Waals surface area contributed by atoms with E-state index in [1.807, 2.05) is 20.8 Å². The summed E-state index contributed by atoms with van der Waals surface area (Å²) in [5.41, 5.74) is 0.115. The van der Waals surface area contributed by atoms with Crippen LogP contribution in [0.15, 0.2) is 16.9 Å². The molecule has 0 saturated heterocycles. The molecule has 0 atom stereocenters. The normalized spacial score (nSPS) is 10.6. The van der Waals surface area contributed by atoms with E-state index in [0.29, 0.717) is 24.7 Å². The quantitative estimate of drug-likeness (QED) is 0.832. The standard InChI is InChI=1S/C12H19N3O2/c1-4-7-13-12(17)10-5-6-11(16)15(14-10)8-9(2)3/h5-6,9H,4,7-8H2,1-3H3,(H,13,17). The first-order valence-electron chi connectivity index (χ1n) is 5.91. The summed E-state index contributed by atoms with van der Waals surface area (Å²) in [6, 6.07) is 2.85. The van der Waals surface area contributed by atoms with Gasteiger partial charge >= 0.3 is 0 Å². The molecule has 0 aliphatic heterocycles. The third-order valence-corrected chi connectivity index (χ3v) is 2.17. The average molecular weight is 237 g/mol. The van der Waals surface area contributed by atoms with E-state index in [1.165, 1.54) is 16.8 Å². The summed E-state index contributed by atoms with van der Waals surface area (Å²) in [4.78, 5) is 23.2. The van der Waals surface area contributed by atoms with Gasteiger partial charge in [-0.2, -0.15) is 5.10 Å². The highest BCUT2D eigenvalue weighted by Crippen LogP contribution is 1.96. The number of hydrogen-bond donors (Lipinski definition) is 1. The first kappa shape index (κ1) is 13.4. The molecule has 0 aliphatic rings. The van der Waals surface area contributed by atoms with Crippen molar-refractivity contribution >= 4 is 5.91 Å². The van der Waals surface area contributed by atoms with E-state index in [4.69, 9.17) is 0 Å². The van der Waals surface area contributed by atoms with Gasteiger partial charge in [0.15, 0.2) is 0 Å². The molecule has 0 aromatic carbocycles. The lowest BCUT2D eigenvalue weighted by Gasteiger charge is -2.09. The van der Waals surface area contributed by atoms with Gasteiger partial charge < -0.3 is 5.32 Å². The van der Waals surface area contributed by atoms with Gasteiger partial charge in [0.1, 0.15) is 5.69 Å². The lowest BCUT2D eigenvalue weighted by atomic mass is 10.2. The van der Waals surface area contributed by atoms with Crippen LogP contribution in [0.3, 0.4) is 0 Å². The fourth-order valence-electron chi connectivity index (χ4n) is 1.38. The Balaban J connectivity index is 2.88. The summed E-state index contributed by atoms with van der Waals surface area (Å²) in [7, 11) is 0. The Morgan fingerprint density at radius 1 is 1.47 bits per heavy atom. The number of rotatable bonds is 5. The number of hydrogen-bond acceptors (Lipinski definition) is 3. The van der Waals surface area contributed by atoms with Gasteiger partial charge in [0.05, 0.1) is 0 Å². The topological polar surface area (TPSA) is 64.0 Å². The molecule has 1 aromatic heterocycles. The molecule has 0 spiro atoms. The van der Waals surface area contributed by atoms with Crippen molar-refractivity contribution in [3.63, 3.8) is 0 Å². The van der Waals surface area contributed by atoms with E-state index >= 15 is 0 Å². The molecule has 0 fully saturated rings. The van der Waals surface area contributed by atoms with Crippen molar-refractivity contribution in [1.29, 1.82) is 0 Å². The van der Waals surface area contributed by atoms with Crippen LogP contribution in [0.25, 0.3) is 0 Å². The van der Waals surface area contributed by atoms with Gasteiger partial charge in [0, 0.05) is 19.2 Å². The predicted octanol–water partition coefficient (Wildman–Crippen LogP) is 1.04. The third kappa shape index (κ3) is 4.01. The molecule has 0 aliphatic carbocycles. The SMILES string of the molecule is CCCNC(=O)c1ccc(=O)n(CC(C)C)n1. The van der Waals surface area contributed by atoms with Crippen molar-refractivity contribution in [3.05, 3.63) is 28.2 Å². The molecule has 0 bridgehead atoms. The smallest absolute Gasteiger partial charge is 0.271 e. The molecule has 1 aromatic rings. The molecule has 0 radical (unpaired) electrons. The van der Waals surface area contributed by atoms with Crippen LogP contribution in [0.1, 0.15) is 37.7 Å². The van der Waals surface area contributed by atoms with E-state index in [1.54, 1.807) is 0 Å². The fraction of sp³-hybridized carbons (Fsp3) is 0.583. The van der Waals surface area contributed by atoms with Crippen LogP contribution in [0, 0.1) is 5.92 Å². The van der Waals surface area contributed by atoms with Crippen LogP contribution >= 0.6 is 0 Å². The Hall–Kier alpha value is -1.65. The Morgan fingerprint density at radius 3 is 2.76 bits per heavy atom. The first-order chi connectivity index (χ1) is 8.04. The highest BCUT2D eigenvalue weighted by molar-refractivity contribution is 5.91. The van der Waals surface area contributed by atoms with Crippen LogP contribution in [0.4, 0.5) is 0 Å². The van der Waals surface area contributed by atoms with Gasteiger partial charge in [0.2, 0.25) is 0 Å². The van der Waals surface area contributed by atoms with Crippen LogP contribution in [-0.4, -0.2) is 22.2 Å². The number of nitrogens with zero attached hydrogens (tertiary/aromatic N) is 2. The molecule has 5 heteroatoms. The summed E-state index contributed by atoms with van der Waals surface area (Å²) in [6.45, 7) is 7.11. The monoisotopic (exact) mass is 237 g/mol. The van der Waals surface area contributed by atoms with Gasteiger partial charge in [0.25, 0.3) is 11.5 Å². The van der Waals surface area contributed by atoms with Crippen molar-refractivity contribution in [3.8, 4) is 0 Å². The number of aromatic nitrogens is 2. The van der Waals surface area contributed by atoms with Crippen LogP contribution < -0.4 is 10.9 Å². The zero-order chi connectivity index (χ0) is 12.8. The van der Waals surface area contributed by atoms with Crippen molar-refractivity contribution < 1.29 is 4.79 Å². The highest BCUT2D eigenvalue weighted by atomic mass is 16.2. The molecule has 0 unspecified atom stereocenters. The van der Waals surface area contributed by atoms with E-state index in [2.05, 4.69) is 10.4 Å². The number of carbonyl (C=O) groups excluding carboxylic acids is 1. The van der Waals surface area contributed by atoms with Gasteiger partial charge in [-0.05, 0) is 18.4 Å². The predicted molar refractivity (Wildman–Crippen MR) is 66.0 cm³/mol. The number of amides is 1. The van der Waals surface area contributed by atoms with Crippen molar-refractivity contribution in [1.82, 2.24) is 15.1 Å². The van der Waals surface area contributed by atoms with Gasteiger partial charge in [-0.3, -0.25) is 9.59 Å². The molecule has 1 amide bonds. The molecular weight excluding hydrogens is 218 g/mol. The van der Waals surface area contributed by atoms with E-state index in [9.17, 15) is 9.59 Å². The highest BCUT2D eigenvalue weighted by Gasteiger charge is 2.09. The summed E-state index contributed by atoms with van der Waals surface area (Å²) in [5.74, 6) is 0.0820. The summed E-state index contributed by atoms with van der Waals surface area (Å²) in [6.07, 6.45) is 0.872. The van der Waals surface area contributed by atoms with Crippen molar-refractivity contribution in [2.24, 2.45) is 5.92 Å². The van der Waals surface area contributed by atoms with Crippen LogP contribution in [-0.2, 0) is 6.54 Å². The molecule has 17 heavy (non-hydrogen) atoms. The minimum Gasteiger partial charge on any atom is -0.351 e. The summed E-state index contributed by atoms with van der Waals surface area (Å²) < 4.78 is 1.34. The summed E-state index contributed by atoms with van der Waals surface area (Å²) >= 11 is 0. The molecule has 5 nitrogen and oxygen atoms in total. The maximum Gasteiger partial charge on any atom is 0.271 e. The second-order valence-corrected chi connectivity index (χ2v) is 4.39. The van der Waals surface area contributed by atoms with Crippen LogP contribution in [0.2, 0.25) is 0 Å². The Labute approximate surface area is 101 Å².